The minimum Gasteiger partial charge on any atom is -0.324 e. The second-order valence-corrected chi connectivity index (χ2v) is 8.30. The minimum atomic E-state index is -0.172. The number of halogens is 4. The predicted molar refractivity (Wildman–Crippen MR) is 116 cm³/mol. The predicted octanol–water partition coefficient (Wildman–Crippen LogP) is 6.68. The molecule has 0 unspecified atom stereocenters. The second kappa shape index (κ2) is 9.36. The van der Waals surface area contributed by atoms with Gasteiger partial charge in [0.1, 0.15) is 0 Å². The Bertz CT molecular complexity index is 822. The fourth-order valence-corrected chi connectivity index (χ4v) is 3.98. The van der Waals surface area contributed by atoms with Crippen molar-refractivity contribution in [3.05, 3.63) is 56.5 Å². The average molecular weight is 460 g/mol. The van der Waals surface area contributed by atoms with Crippen molar-refractivity contribution >= 4 is 69.6 Å². The highest BCUT2D eigenvalue weighted by Crippen LogP contribution is 2.34. The van der Waals surface area contributed by atoms with Crippen LogP contribution < -0.4 is 10.6 Å². The molecule has 0 saturated heterocycles. The summed E-state index contributed by atoms with van der Waals surface area (Å²) in [6, 6.07) is 10.2. The van der Waals surface area contributed by atoms with Crippen molar-refractivity contribution in [2.24, 2.45) is 11.8 Å². The Morgan fingerprint density at radius 2 is 1.04 bits per heavy atom. The first-order valence-electron chi connectivity index (χ1n) is 8.86. The molecule has 8 heteroatoms. The third-order valence-corrected chi connectivity index (χ3v) is 6.53. The maximum Gasteiger partial charge on any atom is 0.227 e. The summed E-state index contributed by atoms with van der Waals surface area (Å²) in [5.74, 6) is -0.565. The topological polar surface area (TPSA) is 58.2 Å². The van der Waals surface area contributed by atoms with Gasteiger partial charge in [-0.25, -0.2) is 0 Å². The van der Waals surface area contributed by atoms with Gasteiger partial charge in [-0.05, 0) is 49.9 Å². The quantitative estimate of drug-likeness (QED) is 0.535. The minimum absolute atomic E-state index is 0.110. The Balaban J connectivity index is 1.55. The van der Waals surface area contributed by atoms with Gasteiger partial charge in [0.25, 0.3) is 0 Å². The lowest BCUT2D eigenvalue weighted by Crippen LogP contribution is -2.32. The number of benzene rings is 2. The van der Waals surface area contributed by atoms with Crippen LogP contribution in [0.1, 0.15) is 25.7 Å². The van der Waals surface area contributed by atoms with E-state index in [4.69, 9.17) is 46.4 Å². The molecule has 1 saturated carbocycles. The van der Waals surface area contributed by atoms with Crippen LogP contribution in [0.5, 0.6) is 0 Å². The first-order valence-corrected chi connectivity index (χ1v) is 10.4. The zero-order chi connectivity index (χ0) is 20.3. The summed E-state index contributed by atoms with van der Waals surface area (Å²) >= 11 is 24.2. The Kier molecular flexibility index (Phi) is 7.10. The molecule has 2 aromatic carbocycles. The normalized spacial score (nSPS) is 19.1. The molecule has 2 aromatic rings. The smallest absolute Gasteiger partial charge is 0.227 e. The Morgan fingerprint density at radius 3 is 1.39 bits per heavy atom. The molecule has 0 aliphatic heterocycles. The van der Waals surface area contributed by atoms with Crippen LogP contribution in [0.3, 0.4) is 0 Å². The number of hydrogen-bond acceptors (Lipinski definition) is 2. The SMILES string of the molecule is O=C(Nc1cccc(Cl)c1Cl)C1CCC(C(=O)Nc2cccc(Cl)c2Cl)CC1. The van der Waals surface area contributed by atoms with Gasteiger partial charge in [0, 0.05) is 11.8 Å². The van der Waals surface area contributed by atoms with Crippen molar-refractivity contribution in [3.8, 4) is 0 Å². The second-order valence-electron chi connectivity index (χ2n) is 6.73. The van der Waals surface area contributed by atoms with E-state index in [2.05, 4.69) is 10.6 Å². The van der Waals surface area contributed by atoms with E-state index in [0.29, 0.717) is 57.1 Å². The lowest BCUT2D eigenvalue weighted by molar-refractivity contribution is -0.125. The van der Waals surface area contributed by atoms with E-state index >= 15 is 0 Å². The maximum absolute atomic E-state index is 12.5. The highest BCUT2D eigenvalue weighted by atomic mass is 35.5. The molecule has 0 atom stereocenters. The highest BCUT2D eigenvalue weighted by molar-refractivity contribution is 6.44. The third-order valence-electron chi connectivity index (χ3n) is 4.89. The van der Waals surface area contributed by atoms with Crippen LogP contribution in [0.4, 0.5) is 11.4 Å². The molecule has 4 nitrogen and oxygen atoms in total. The molecule has 0 radical (unpaired) electrons. The van der Waals surface area contributed by atoms with Gasteiger partial charge in [0.05, 0.1) is 31.5 Å². The number of nitrogens with one attached hydrogen (secondary N) is 2. The van der Waals surface area contributed by atoms with E-state index < -0.39 is 0 Å². The van der Waals surface area contributed by atoms with Crippen LogP contribution in [0.15, 0.2) is 36.4 Å². The number of amides is 2. The number of anilines is 2. The van der Waals surface area contributed by atoms with Gasteiger partial charge in [-0.15, -0.1) is 0 Å². The molecular formula is C20H18Cl4N2O2. The van der Waals surface area contributed by atoms with E-state index in [1.54, 1.807) is 36.4 Å². The van der Waals surface area contributed by atoms with Crippen molar-refractivity contribution < 1.29 is 9.59 Å². The van der Waals surface area contributed by atoms with Crippen LogP contribution in [-0.2, 0) is 9.59 Å². The van der Waals surface area contributed by atoms with E-state index in [-0.39, 0.29) is 23.7 Å². The fraction of sp³-hybridized carbons (Fsp3) is 0.300. The summed E-state index contributed by atoms with van der Waals surface area (Å²) in [5, 5.41) is 7.08. The molecule has 28 heavy (non-hydrogen) atoms. The van der Waals surface area contributed by atoms with Crippen LogP contribution in [0.2, 0.25) is 20.1 Å². The Morgan fingerprint density at radius 1 is 0.679 bits per heavy atom. The number of carbonyl (C=O) groups is 2. The molecule has 1 fully saturated rings. The fourth-order valence-electron chi connectivity index (χ4n) is 3.29. The average Bonchev–Trinajstić information content (AvgIpc) is 2.69. The molecule has 1 aliphatic carbocycles. The van der Waals surface area contributed by atoms with Crippen molar-refractivity contribution in [3.63, 3.8) is 0 Å². The first kappa shape index (κ1) is 21.3. The maximum atomic E-state index is 12.5. The van der Waals surface area contributed by atoms with Crippen molar-refractivity contribution in [2.75, 3.05) is 10.6 Å². The largest absolute Gasteiger partial charge is 0.324 e. The molecular weight excluding hydrogens is 442 g/mol. The van der Waals surface area contributed by atoms with Crippen LogP contribution in [-0.4, -0.2) is 11.8 Å². The van der Waals surface area contributed by atoms with Gasteiger partial charge in [-0.3, -0.25) is 9.59 Å². The lowest BCUT2D eigenvalue weighted by atomic mass is 9.81. The molecule has 1 aliphatic rings. The highest BCUT2D eigenvalue weighted by Gasteiger charge is 2.30. The Hall–Kier alpha value is -1.46. The van der Waals surface area contributed by atoms with Crippen LogP contribution >= 0.6 is 46.4 Å². The van der Waals surface area contributed by atoms with E-state index in [1.807, 2.05) is 0 Å². The zero-order valence-electron chi connectivity index (χ0n) is 14.8. The molecule has 148 valence electrons. The summed E-state index contributed by atoms with van der Waals surface area (Å²) in [6.07, 6.45) is 2.47. The summed E-state index contributed by atoms with van der Waals surface area (Å²) in [7, 11) is 0. The van der Waals surface area contributed by atoms with Gasteiger partial charge in [-0.2, -0.15) is 0 Å². The molecule has 0 bridgehead atoms. The van der Waals surface area contributed by atoms with E-state index in [1.165, 1.54) is 0 Å². The third kappa shape index (κ3) is 4.93. The Labute approximate surface area is 183 Å². The molecule has 2 amide bonds. The number of rotatable bonds is 4. The van der Waals surface area contributed by atoms with Gasteiger partial charge >= 0.3 is 0 Å². The van der Waals surface area contributed by atoms with Crippen LogP contribution in [0.25, 0.3) is 0 Å². The van der Waals surface area contributed by atoms with Gasteiger partial charge in [0.15, 0.2) is 0 Å². The zero-order valence-corrected chi connectivity index (χ0v) is 17.8. The van der Waals surface area contributed by atoms with E-state index in [0.717, 1.165) is 0 Å². The van der Waals surface area contributed by atoms with Crippen LogP contribution in [0, 0.1) is 11.8 Å². The van der Waals surface area contributed by atoms with Gasteiger partial charge in [0.2, 0.25) is 11.8 Å². The summed E-state index contributed by atoms with van der Waals surface area (Å²) < 4.78 is 0. The molecule has 0 spiro atoms. The lowest BCUT2D eigenvalue weighted by Gasteiger charge is -2.27. The molecule has 2 N–H and O–H groups in total. The summed E-state index contributed by atoms with van der Waals surface area (Å²) in [6.45, 7) is 0. The number of hydrogen-bond donors (Lipinski definition) is 2. The van der Waals surface area contributed by atoms with Crippen molar-refractivity contribution in [1.82, 2.24) is 0 Å². The van der Waals surface area contributed by atoms with Crippen molar-refractivity contribution in [1.29, 1.82) is 0 Å². The number of carbonyl (C=O) groups excluding carboxylic acids is 2. The standard InChI is InChI=1S/C20H18Cl4N2O2/c21-13-3-1-5-15(17(13)23)25-19(27)11-7-9-12(10-8-11)20(28)26-16-6-2-4-14(22)18(16)24/h1-6,11-12H,7-10H2,(H,25,27)(H,26,28). The van der Waals surface area contributed by atoms with Gasteiger partial charge in [-0.1, -0.05) is 58.5 Å². The molecule has 0 aromatic heterocycles. The molecule has 0 heterocycles. The van der Waals surface area contributed by atoms with Crippen molar-refractivity contribution in [2.45, 2.75) is 25.7 Å². The summed E-state index contributed by atoms with van der Waals surface area (Å²) in [4.78, 5) is 25.1. The molecule has 3 rings (SSSR count). The van der Waals surface area contributed by atoms with E-state index in [9.17, 15) is 9.59 Å². The van der Waals surface area contributed by atoms with Gasteiger partial charge < -0.3 is 10.6 Å². The monoisotopic (exact) mass is 458 g/mol. The summed E-state index contributed by atoms with van der Waals surface area (Å²) in [5.41, 5.74) is 0.990. The first-order chi connectivity index (χ1) is 13.4.